The highest BCUT2D eigenvalue weighted by molar-refractivity contribution is 6.62. The molecule has 1 aliphatic heterocycles. The van der Waals surface area contributed by atoms with Crippen LogP contribution < -0.4 is 11.2 Å². The van der Waals surface area contributed by atoms with Gasteiger partial charge in [0.15, 0.2) is 0 Å². The zero-order valence-electron chi connectivity index (χ0n) is 12.4. The Balaban J connectivity index is 2.01. The lowest BCUT2D eigenvalue weighted by molar-refractivity contribution is 0.00578. The number of nitrogen functional groups attached to an aromatic ring is 1. The van der Waals surface area contributed by atoms with E-state index < -0.39 is 23.9 Å². The summed E-state index contributed by atoms with van der Waals surface area (Å²) in [5.74, 6) is 0.405. The van der Waals surface area contributed by atoms with E-state index in [-0.39, 0.29) is 0 Å². The monoisotopic (exact) mass is 276 g/mol. The van der Waals surface area contributed by atoms with Gasteiger partial charge in [0.05, 0.1) is 16.8 Å². The van der Waals surface area contributed by atoms with Gasteiger partial charge in [0, 0.05) is 11.8 Å². The van der Waals surface area contributed by atoms with Gasteiger partial charge < -0.3 is 20.1 Å². The second kappa shape index (κ2) is 3.96. The zero-order valence-corrected chi connectivity index (χ0v) is 12.4. The first-order chi connectivity index (χ1) is 9.15. The molecule has 0 radical (unpaired) electrons. The molecule has 20 heavy (non-hydrogen) atoms. The minimum Gasteiger partial charge on any atom is -0.399 e. The number of hydrogen-bond acceptors (Lipinski definition) is 5. The normalized spacial score (nSPS) is 25.8. The molecule has 6 heteroatoms. The topological polar surface area (TPSA) is 77.6 Å². The van der Waals surface area contributed by atoms with Crippen molar-refractivity contribution in [3.05, 3.63) is 17.8 Å². The lowest BCUT2D eigenvalue weighted by Gasteiger charge is -2.32. The maximum absolute atomic E-state index is 10.4. The molecule has 108 valence electrons. The van der Waals surface area contributed by atoms with Gasteiger partial charge in [-0.1, -0.05) is 0 Å². The molecule has 0 spiro atoms. The standard InChI is InChI=1S/C14H21BN2O3/c1-12(2)13(3,4)20-15(19-12)10-7-11(16)17-8-9(10)14(18)5-6-14/h7-8,18H,5-6H2,1-4H3,(H2,16,17). The highest BCUT2D eigenvalue weighted by Crippen LogP contribution is 2.45. The Kier molecular flexibility index (Phi) is 2.75. The summed E-state index contributed by atoms with van der Waals surface area (Å²) in [6, 6.07) is 1.74. The van der Waals surface area contributed by atoms with Crippen LogP contribution in [0.2, 0.25) is 0 Å². The lowest BCUT2D eigenvalue weighted by Crippen LogP contribution is -2.41. The molecular weight excluding hydrogens is 255 g/mol. The maximum Gasteiger partial charge on any atom is 0.495 e. The molecule has 0 bridgehead atoms. The van der Waals surface area contributed by atoms with Crippen molar-refractivity contribution in [1.29, 1.82) is 0 Å². The second-order valence-electron chi connectivity index (χ2n) is 6.82. The van der Waals surface area contributed by atoms with Crippen molar-refractivity contribution in [1.82, 2.24) is 4.98 Å². The highest BCUT2D eigenvalue weighted by Gasteiger charge is 2.54. The van der Waals surface area contributed by atoms with Crippen LogP contribution in [-0.4, -0.2) is 28.4 Å². The van der Waals surface area contributed by atoms with Crippen molar-refractivity contribution in [3.8, 4) is 0 Å². The first kappa shape index (κ1) is 13.9. The first-order valence-electron chi connectivity index (χ1n) is 6.99. The van der Waals surface area contributed by atoms with Crippen LogP contribution in [0.15, 0.2) is 12.3 Å². The molecule has 2 heterocycles. The van der Waals surface area contributed by atoms with Crippen molar-refractivity contribution in [3.63, 3.8) is 0 Å². The summed E-state index contributed by atoms with van der Waals surface area (Å²) < 4.78 is 12.1. The Morgan fingerprint density at radius 3 is 2.25 bits per heavy atom. The maximum atomic E-state index is 10.4. The summed E-state index contributed by atoms with van der Waals surface area (Å²) in [6.45, 7) is 8.01. The zero-order chi connectivity index (χ0) is 14.8. The fourth-order valence-corrected chi connectivity index (χ4v) is 2.43. The molecule has 2 fully saturated rings. The van der Waals surface area contributed by atoms with Crippen molar-refractivity contribution < 1.29 is 14.4 Å². The Morgan fingerprint density at radius 1 is 1.20 bits per heavy atom. The predicted molar refractivity (Wildman–Crippen MR) is 77.5 cm³/mol. The number of aliphatic hydroxyl groups is 1. The molecule has 0 amide bonds. The average Bonchev–Trinajstić information content (AvgIpc) is 3.01. The number of nitrogens with two attached hydrogens (primary N) is 1. The van der Waals surface area contributed by atoms with Gasteiger partial charge in [0.1, 0.15) is 5.82 Å². The van der Waals surface area contributed by atoms with Gasteiger partial charge in [0.2, 0.25) is 0 Å². The van der Waals surface area contributed by atoms with Crippen LogP contribution in [0.1, 0.15) is 46.1 Å². The Hall–Kier alpha value is -1.11. The van der Waals surface area contributed by atoms with E-state index >= 15 is 0 Å². The van der Waals surface area contributed by atoms with Crippen molar-refractivity contribution >= 4 is 18.4 Å². The molecule has 0 unspecified atom stereocenters. The van der Waals surface area contributed by atoms with Gasteiger partial charge >= 0.3 is 7.12 Å². The SMILES string of the molecule is CC1(C)OB(c2cc(N)ncc2C2(O)CC2)OC1(C)C. The van der Waals surface area contributed by atoms with Gasteiger partial charge in [-0.05, 0) is 52.1 Å². The quantitative estimate of drug-likeness (QED) is 0.786. The van der Waals surface area contributed by atoms with E-state index in [4.69, 9.17) is 15.0 Å². The van der Waals surface area contributed by atoms with Gasteiger partial charge in [-0.2, -0.15) is 0 Å². The van der Waals surface area contributed by atoms with E-state index in [2.05, 4.69) is 4.98 Å². The smallest absolute Gasteiger partial charge is 0.399 e. The van der Waals surface area contributed by atoms with Crippen LogP contribution in [0.3, 0.4) is 0 Å². The van der Waals surface area contributed by atoms with E-state index in [1.54, 1.807) is 12.3 Å². The summed E-state index contributed by atoms with van der Waals surface area (Å²) in [5, 5.41) is 10.4. The van der Waals surface area contributed by atoms with Crippen LogP contribution in [0.4, 0.5) is 5.82 Å². The fraction of sp³-hybridized carbons (Fsp3) is 0.643. The summed E-state index contributed by atoms with van der Waals surface area (Å²) >= 11 is 0. The van der Waals surface area contributed by atoms with Gasteiger partial charge in [-0.3, -0.25) is 0 Å². The molecule has 1 aliphatic carbocycles. The summed E-state index contributed by atoms with van der Waals surface area (Å²) in [4.78, 5) is 4.10. The molecule has 1 saturated carbocycles. The minimum absolute atomic E-state index is 0.405. The van der Waals surface area contributed by atoms with Gasteiger partial charge in [-0.25, -0.2) is 4.98 Å². The van der Waals surface area contributed by atoms with Crippen molar-refractivity contribution in [2.75, 3.05) is 5.73 Å². The van der Waals surface area contributed by atoms with E-state index in [0.29, 0.717) is 5.82 Å². The fourth-order valence-electron chi connectivity index (χ4n) is 2.43. The van der Waals surface area contributed by atoms with Crippen molar-refractivity contribution in [2.24, 2.45) is 0 Å². The predicted octanol–water partition coefficient (Wildman–Crippen LogP) is 0.944. The molecule has 2 aliphatic rings. The molecule has 1 aromatic heterocycles. The number of aromatic nitrogens is 1. The van der Waals surface area contributed by atoms with Crippen molar-refractivity contribution in [2.45, 2.75) is 57.3 Å². The summed E-state index contributed by atoms with van der Waals surface area (Å²) in [5.41, 5.74) is 5.72. The van der Waals surface area contributed by atoms with Gasteiger partial charge in [-0.15, -0.1) is 0 Å². The molecule has 1 aromatic rings. The Labute approximate surface area is 119 Å². The summed E-state index contributed by atoms with van der Waals surface area (Å²) in [7, 11) is -0.523. The summed E-state index contributed by atoms with van der Waals surface area (Å²) in [6.07, 6.45) is 3.12. The highest BCUT2D eigenvalue weighted by atomic mass is 16.7. The minimum atomic E-state index is -0.792. The number of pyridine rings is 1. The van der Waals surface area contributed by atoms with Crippen LogP contribution in [-0.2, 0) is 14.9 Å². The molecule has 3 rings (SSSR count). The van der Waals surface area contributed by atoms with Crippen LogP contribution >= 0.6 is 0 Å². The largest absolute Gasteiger partial charge is 0.495 e. The molecule has 1 saturated heterocycles. The molecule has 3 N–H and O–H groups in total. The van der Waals surface area contributed by atoms with E-state index in [1.165, 1.54) is 0 Å². The Morgan fingerprint density at radius 2 is 1.75 bits per heavy atom. The van der Waals surface area contributed by atoms with E-state index in [9.17, 15) is 5.11 Å². The molecule has 5 nitrogen and oxygen atoms in total. The number of anilines is 1. The first-order valence-corrected chi connectivity index (χ1v) is 6.99. The number of nitrogens with zero attached hydrogens (tertiary/aromatic N) is 1. The molecule has 0 aromatic carbocycles. The number of rotatable bonds is 2. The van der Waals surface area contributed by atoms with E-state index in [1.807, 2.05) is 27.7 Å². The third-order valence-corrected chi connectivity index (χ3v) is 4.69. The molecule has 0 atom stereocenters. The average molecular weight is 276 g/mol. The van der Waals surface area contributed by atoms with E-state index in [0.717, 1.165) is 23.9 Å². The molecular formula is C14H21BN2O3. The Bertz CT molecular complexity index is 539. The van der Waals surface area contributed by atoms with Crippen LogP contribution in [0.25, 0.3) is 0 Å². The van der Waals surface area contributed by atoms with Gasteiger partial charge in [0.25, 0.3) is 0 Å². The third kappa shape index (κ3) is 2.03. The van der Waals surface area contributed by atoms with Crippen LogP contribution in [0.5, 0.6) is 0 Å². The second-order valence-corrected chi connectivity index (χ2v) is 6.82. The third-order valence-electron chi connectivity index (χ3n) is 4.69. The lowest BCUT2D eigenvalue weighted by atomic mass is 9.75. The number of hydrogen-bond donors (Lipinski definition) is 2. The van der Waals surface area contributed by atoms with Crippen LogP contribution in [0, 0.1) is 0 Å².